The van der Waals surface area contributed by atoms with E-state index in [0.29, 0.717) is 5.56 Å². The lowest BCUT2D eigenvalue weighted by molar-refractivity contribution is -0.145. The van der Waals surface area contributed by atoms with Gasteiger partial charge in [-0.1, -0.05) is 12.1 Å². The van der Waals surface area contributed by atoms with E-state index in [1.807, 2.05) is 6.07 Å². The van der Waals surface area contributed by atoms with E-state index in [2.05, 4.69) is 5.32 Å². The van der Waals surface area contributed by atoms with Crippen LogP contribution >= 0.6 is 0 Å². The second-order valence-corrected chi connectivity index (χ2v) is 4.49. The molecule has 0 aromatic heterocycles. The Kier molecular flexibility index (Phi) is 4.43. The number of nitriles is 1. The standard InChI is InChI=1S/C14H14N2O3/c1-14(2,13(18)19)16-12(17)8-7-10-3-5-11(9-15)6-4-10/h3-8H,1-2H3,(H,16,17)(H,18,19). The first-order chi connectivity index (χ1) is 8.85. The molecule has 0 saturated carbocycles. The van der Waals surface area contributed by atoms with Crippen molar-refractivity contribution in [1.82, 2.24) is 5.32 Å². The second kappa shape index (κ2) is 5.83. The maximum absolute atomic E-state index is 11.5. The van der Waals surface area contributed by atoms with Gasteiger partial charge in [0.2, 0.25) is 5.91 Å². The fourth-order valence-electron chi connectivity index (χ4n) is 1.24. The van der Waals surface area contributed by atoms with Crippen LogP contribution in [0.2, 0.25) is 0 Å². The Morgan fingerprint density at radius 3 is 2.37 bits per heavy atom. The molecule has 5 heteroatoms. The minimum absolute atomic E-state index is 0.489. The molecule has 5 nitrogen and oxygen atoms in total. The molecule has 98 valence electrons. The highest BCUT2D eigenvalue weighted by molar-refractivity contribution is 5.95. The fraction of sp³-hybridized carbons (Fsp3) is 0.214. The first kappa shape index (κ1) is 14.5. The first-order valence-corrected chi connectivity index (χ1v) is 5.59. The summed E-state index contributed by atoms with van der Waals surface area (Å²) in [4.78, 5) is 22.4. The van der Waals surface area contributed by atoms with E-state index in [1.54, 1.807) is 30.3 Å². The van der Waals surface area contributed by atoms with Crippen LogP contribution in [0.25, 0.3) is 6.08 Å². The molecule has 0 atom stereocenters. The molecule has 1 aromatic carbocycles. The van der Waals surface area contributed by atoms with Crippen LogP contribution in [0.5, 0.6) is 0 Å². The van der Waals surface area contributed by atoms with Crippen LogP contribution in [0, 0.1) is 11.3 Å². The Morgan fingerprint density at radius 1 is 1.32 bits per heavy atom. The second-order valence-electron chi connectivity index (χ2n) is 4.49. The summed E-state index contributed by atoms with van der Waals surface area (Å²) in [6.45, 7) is 2.81. The summed E-state index contributed by atoms with van der Waals surface area (Å²) in [5.41, 5.74) is -0.0255. The minimum atomic E-state index is -1.31. The van der Waals surface area contributed by atoms with Crippen molar-refractivity contribution in [3.63, 3.8) is 0 Å². The Morgan fingerprint density at radius 2 is 1.89 bits per heavy atom. The van der Waals surface area contributed by atoms with E-state index in [4.69, 9.17) is 10.4 Å². The molecule has 0 aliphatic heterocycles. The molecule has 2 N–H and O–H groups in total. The molecule has 0 heterocycles. The molecule has 0 fully saturated rings. The molecule has 1 aromatic rings. The van der Waals surface area contributed by atoms with Gasteiger partial charge in [-0.2, -0.15) is 5.26 Å². The van der Waals surface area contributed by atoms with Crippen molar-refractivity contribution >= 4 is 18.0 Å². The Balaban J connectivity index is 2.69. The van der Waals surface area contributed by atoms with Crippen LogP contribution in [0.3, 0.4) is 0 Å². The zero-order valence-corrected chi connectivity index (χ0v) is 10.7. The van der Waals surface area contributed by atoms with Gasteiger partial charge in [-0.25, -0.2) is 4.79 Å². The summed E-state index contributed by atoms with van der Waals surface area (Å²) in [6.07, 6.45) is 2.81. The zero-order valence-electron chi connectivity index (χ0n) is 10.7. The van der Waals surface area contributed by atoms with E-state index in [-0.39, 0.29) is 0 Å². The van der Waals surface area contributed by atoms with E-state index >= 15 is 0 Å². The van der Waals surface area contributed by atoms with Gasteiger partial charge in [0.1, 0.15) is 5.54 Å². The molecule has 0 saturated heterocycles. The van der Waals surface area contributed by atoms with Gasteiger partial charge in [0, 0.05) is 6.08 Å². The van der Waals surface area contributed by atoms with E-state index in [9.17, 15) is 9.59 Å². The number of aliphatic carboxylic acids is 1. The third kappa shape index (κ3) is 4.28. The molecule has 0 unspecified atom stereocenters. The van der Waals surface area contributed by atoms with E-state index in [1.165, 1.54) is 19.9 Å². The molecule has 0 radical (unpaired) electrons. The smallest absolute Gasteiger partial charge is 0.328 e. The zero-order chi connectivity index (χ0) is 14.5. The van der Waals surface area contributed by atoms with Crippen LogP contribution in [-0.4, -0.2) is 22.5 Å². The summed E-state index contributed by atoms with van der Waals surface area (Å²) in [6, 6.07) is 8.67. The highest BCUT2D eigenvalue weighted by Crippen LogP contribution is 2.06. The molecule has 1 amide bonds. The number of carbonyl (C=O) groups excluding carboxylic acids is 1. The summed E-state index contributed by atoms with van der Waals surface area (Å²) in [7, 11) is 0. The van der Waals surface area contributed by atoms with Crippen molar-refractivity contribution in [3.05, 3.63) is 41.5 Å². The van der Waals surface area contributed by atoms with E-state index in [0.717, 1.165) is 5.56 Å². The topological polar surface area (TPSA) is 90.2 Å². The third-order valence-electron chi connectivity index (χ3n) is 2.44. The van der Waals surface area contributed by atoms with Crippen molar-refractivity contribution in [1.29, 1.82) is 5.26 Å². The van der Waals surface area contributed by atoms with Gasteiger partial charge in [0.15, 0.2) is 0 Å². The summed E-state index contributed by atoms with van der Waals surface area (Å²) >= 11 is 0. The van der Waals surface area contributed by atoms with Crippen molar-refractivity contribution in [2.45, 2.75) is 19.4 Å². The van der Waals surface area contributed by atoms with Gasteiger partial charge >= 0.3 is 5.97 Å². The number of benzene rings is 1. The quantitative estimate of drug-likeness (QED) is 0.802. The maximum atomic E-state index is 11.5. The number of rotatable bonds is 4. The van der Waals surface area contributed by atoms with Crippen LogP contribution in [0.1, 0.15) is 25.0 Å². The monoisotopic (exact) mass is 258 g/mol. The average molecular weight is 258 g/mol. The number of nitrogens with one attached hydrogen (secondary N) is 1. The number of carbonyl (C=O) groups is 2. The number of carboxylic acids is 1. The van der Waals surface area contributed by atoms with Crippen molar-refractivity contribution < 1.29 is 14.7 Å². The van der Waals surface area contributed by atoms with Crippen LogP contribution in [0.4, 0.5) is 0 Å². The minimum Gasteiger partial charge on any atom is -0.480 e. The first-order valence-electron chi connectivity index (χ1n) is 5.59. The maximum Gasteiger partial charge on any atom is 0.328 e. The van der Waals surface area contributed by atoms with Crippen molar-refractivity contribution in [3.8, 4) is 6.07 Å². The lowest BCUT2D eigenvalue weighted by atomic mass is 10.1. The largest absolute Gasteiger partial charge is 0.480 e. The molecule has 1 rings (SSSR count). The molecule has 0 bridgehead atoms. The Labute approximate surface area is 111 Å². The predicted octanol–water partition coefficient (Wildman–Crippen LogP) is 1.55. The summed E-state index contributed by atoms with van der Waals surface area (Å²) < 4.78 is 0. The van der Waals surface area contributed by atoms with E-state index < -0.39 is 17.4 Å². The predicted molar refractivity (Wildman–Crippen MR) is 70.0 cm³/mol. The SMILES string of the molecule is CC(C)(NC(=O)C=Cc1ccc(C#N)cc1)C(=O)O. The van der Waals surface area contributed by atoms with Gasteiger partial charge in [0.05, 0.1) is 11.6 Å². The number of amides is 1. The highest BCUT2D eigenvalue weighted by Gasteiger charge is 2.27. The highest BCUT2D eigenvalue weighted by atomic mass is 16.4. The van der Waals surface area contributed by atoms with Crippen LogP contribution in [-0.2, 0) is 9.59 Å². The Bertz CT molecular complexity index is 551. The molecule has 0 aliphatic carbocycles. The molecule has 0 aliphatic rings. The van der Waals surface area contributed by atoms with Gasteiger partial charge < -0.3 is 10.4 Å². The van der Waals surface area contributed by atoms with Crippen molar-refractivity contribution in [2.24, 2.45) is 0 Å². The number of hydrogen-bond donors (Lipinski definition) is 2. The van der Waals surface area contributed by atoms with Crippen LogP contribution < -0.4 is 5.32 Å². The molecule has 0 spiro atoms. The lowest BCUT2D eigenvalue weighted by Gasteiger charge is -2.19. The average Bonchev–Trinajstić information content (AvgIpc) is 2.36. The van der Waals surface area contributed by atoms with Gasteiger partial charge in [-0.05, 0) is 37.6 Å². The van der Waals surface area contributed by atoms with Gasteiger partial charge in [-0.15, -0.1) is 0 Å². The summed E-state index contributed by atoms with van der Waals surface area (Å²) in [5.74, 6) is -1.59. The summed E-state index contributed by atoms with van der Waals surface area (Å²) in [5, 5.41) is 19.9. The molecule has 19 heavy (non-hydrogen) atoms. The molecular weight excluding hydrogens is 244 g/mol. The Hall–Kier alpha value is -2.61. The molecular formula is C14H14N2O3. The number of hydrogen-bond acceptors (Lipinski definition) is 3. The third-order valence-corrected chi connectivity index (χ3v) is 2.44. The normalized spacial score (nSPS) is 11.0. The van der Waals surface area contributed by atoms with Gasteiger partial charge in [-0.3, -0.25) is 4.79 Å². The number of nitrogens with zero attached hydrogens (tertiary/aromatic N) is 1. The van der Waals surface area contributed by atoms with Gasteiger partial charge in [0.25, 0.3) is 0 Å². The van der Waals surface area contributed by atoms with Crippen LogP contribution in [0.15, 0.2) is 30.3 Å². The number of carboxylic acid groups (broad SMARTS) is 1. The fourth-order valence-corrected chi connectivity index (χ4v) is 1.24. The lowest BCUT2D eigenvalue weighted by Crippen LogP contribution is -2.49. The van der Waals surface area contributed by atoms with Crippen molar-refractivity contribution in [2.75, 3.05) is 0 Å².